The third-order valence-corrected chi connectivity index (χ3v) is 2.02. The summed E-state index contributed by atoms with van der Waals surface area (Å²) in [4.78, 5) is 1.56. The van der Waals surface area contributed by atoms with Gasteiger partial charge in [0.05, 0.1) is 24.2 Å². The fourth-order valence-electron chi connectivity index (χ4n) is 1.14. The van der Waals surface area contributed by atoms with Crippen molar-refractivity contribution in [1.29, 1.82) is 5.26 Å². The summed E-state index contributed by atoms with van der Waals surface area (Å²) < 4.78 is 0. The maximum absolute atomic E-state index is 8.79. The minimum atomic E-state index is -0.265. The number of nitrogens with zero attached hydrogens (tertiary/aromatic N) is 4. The molecule has 14 heavy (non-hydrogen) atoms. The van der Waals surface area contributed by atoms with Gasteiger partial charge in [-0.1, -0.05) is 0 Å². The molecule has 0 unspecified atom stereocenters. The molecule has 1 heterocycles. The van der Waals surface area contributed by atoms with E-state index in [0.717, 1.165) is 12.8 Å². The van der Waals surface area contributed by atoms with Crippen LogP contribution in [0, 0.1) is 16.7 Å². The number of rotatable bonds is 4. The Balaban J connectivity index is 2.33. The maximum atomic E-state index is 8.79. The molecule has 0 bridgehead atoms. The van der Waals surface area contributed by atoms with Gasteiger partial charge in [0.15, 0.2) is 5.82 Å². The van der Waals surface area contributed by atoms with Crippen LogP contribution in [-0.4, -0.2) is 15.0 Å². The average Bonchev–Trinajstić information content (AvgIpc) is 2.51. The van der Waals surface area contributed by atoms with Crippen molar-refractivity contribution in [2.75, 3.05) is 5.73 Å². The molecular formula is C9H15N5. The van der Waals surface area contributed by atoms with E-state index in [1.54, 1.807) is 4.80 Å². The van der Waals surface area contributed by atoms with Crippen molar-refractivity contribution in [3.63, 3.8) is 0 Å². The van der Waals surface area contributed by atoms with Gasteiger partial charge in [-0.05, 0) is 26.7 Å². The van der Waals surface area contributed by atoms with Crippen LogP contribution >= 0.6 is 0 Å². The average molecular weight is 193 g/mol. The summed E-state index contributed by atoms with van der Waals surface area (Å²) in [7, 11) is 0. The van der Waals surface area contributed by atoms with E-state index in [0.29, 0.717) is 12.4 Å². The van der Waals surface area contributed by atoms with Crippen LogP contribution < -0.4 is 5.73 Å². The van der Waals surface area contributed by atoms with Crippen molar-refractivity contribution in [2.45, 2.75) is 33.2 Å². The van der Waals surface area contributed by atoms with Gasteiger partial charge in [-0.3, -0.25) is 0 Å². The van der Waals surface area contributed by atoms with Crippen LogP contribution in [0.2, 0.25) is 0 Å². The van der Waals surface area contributed by atoms with Crippen LogP contribution in [0.3, 0.4) is 0 Å². The molecule has 0 fully saturated rings. The lowest BCUT2D eigenvalue weighted by molar-refractivity contribution is 0.394. The molecule has 0 saturated carbocycles. The van der Waals surface area contributed by atoms with E-state index >= 15 is 0 Å². The summed E-state index contributed by atoms with van der Waals surface area (Å²) in [5.74, 6) is 0.435. The van der Waals surface area contributed by atoms with E-state index in [2.05, 4.69) is 16.3 Å². The lowest BCUT2D eigenvalue weighted by Gasteiger charge is -2.13. The number of nitrogens with two attached hydrogens (primary N) is 1. The Morgan fingerprint density at radius 1 is 1.64 bits per heavy atom. The predicted molar refractivity (Wildman–Crippen MR) is 53.1 cm³/mol. The predicted octanol–water partition coefficient (Wildman–Crippen LogP) is 1.19. The molecule has 2 N–H and O–H groups in total. The van der Waals surface area contributed by atoms with Crippen LogP contribution in [0.25, 0.3) is 0 Å². The first kappa shape index (κ1) is 10.5. The van der Waals surface area contributed by atoms with Gasteiger partial charge in [-0.15, -0.1) is 5.10 Å². The summed E-state index contributed by atoms with van der Waals surface area (Å²) in [5.41, 5.74) is 5.15. The number of aryl methyl sites for hydroxylation is 1. The first-order valence-corrected chi connectivity index (χ1v) is 4.60. The number of aromatic nitrogens is 3. The molecule has 0 aliphatic rings. The minimum absolute atomic E-state index is 0.265. The van der Waals surface area contributed by atoms with Gasteiger partial charge in [-0.25, -0.2) is 0 Å². The normalized spacial score (nSPS) is 11.2. The molecule has 0 spiro atoms. The number of nitriles is 1. The quantitative estimate of drug-likeness (QED) is 0.778. The molecule has 76 valence electrons. The number of hydrogen-bond acceptors (Lipinski definition) is 4. The minimum Gasteiger partial charge on any atom is -0.381 e. The second-order valence-electron chi connectivity index (χ2n) is 3.96. The van der Waals surface area contributed by atoms with Crippen LogP contribution in [-0.2, 0) is 6.54 Å². The topological polar surface area (TPSA) is 80.5 Å². The van der Waals surface area contributed by atoms with E-state index in [-0.39, 0.29) is 5.41 Å². The van der Waals surface area contributed by atoms with Gasteiger partial charge >= 0.3 is 0 Å². The summed E-state index contributed by atoms with van der Waals surface area (Å²) in [5, 5.41) is 16.7. The Labute approximate surface area is 83.5 Å². The Bertz CT molecular complexity index is 333. The summed E-state index contributed by atoms with van der Waals surface area (Å²) >= 11 is 0. The van der Waals surface area contributed by atoms with Gasteiger partial charge in [0.25, 0.3) is 0 Å². The van der Waals surface area contributed by atoms with E-state index < -0.39 is 0 Å². The summed E-state index contributed by atoms with van der Waals surface area (Å²) in [6.45, 7) is 4.57. The zero-order valence-corrected chi connectivity index (χ0v) is 8.56. The molecule has 5 heteroatoms. The van der Waals surface area contributed by atoms with Crippen molar-refractivity contribution in [3.05, 3.63) is 6.20 Å². The fourth-order valence-corrected chi connectivity index (χ4v) is 1.14. The lowest BCUT2D eigenvalue weighted by Crippen LogP contribution is -2.10. The van der Waals surface area contributed by atoms with Crippen molar-refractivity contribution in [1.82, 2.24) is 15.0 Å². The molecule has 0 amide bonds. The molecule has 0 aromatic carbocycles. The fraction of sp³-hybridized carbons (Fsp3) is 0.667. The van der Waals surface area contributed by atoms with Crippen LogP contribution in [0.1, 0.15) is 26.7 Å². The first-order valence-electron chi connectivity index (χ1n) is 4.60. The second kappa shape index (κ2) is 4.09. The summed E-state index contributed by atoms with van der Waals surface area (Å²) in [6, 6.07) is 2.26. The highest BCUT2D eigenvalue weighted by Crippen LogP contribution is 2.20. The van der Waals surface area contributed by atoms with Crippen LogP contribution in [0.4, 0.5) is 5.82 Å². The molecule has 0 aliphatic heterocycles. The van der Waals surface area contributed by atoms with E-state index in [1.807, 2.05) is 13.8 Å². The van der Waals surface area contributed by atoms with Gasteiger partial charge in [0.1, 0.15) is 0 Å². The van der Waals surface area contributed by atoms with Crippen LogP contribution in [0.15, 0.2) is 6.20 Å². The molecule has 1 aromatic heterocycles. The number of anilines is 1. The van der Waals surface area contributed by atoms with Gasteiger partial charge in [0, 0.05) is 0 Å². The molecule has 5 nitrogen and oxygen atoms in total. The SMILES string of the molecule is CC(C)(C#N)CCCn1ncc(N)n1. The van der Waals surface area contributed by atoms with Gasteiger partial charge in [0.2, 0.25) is 0 Å². The van der Waals surface area contributed by atoms with E-state index in [9.17, 15) is 0 Å². The number of hydrogen-bond donors (Lipinski definition) is 1. The Morgan fingerprint density at radius 2 is 2.36 bits per heavy atom. The van der Waals surface area contributed by atoms with E-state index in [4.69, 9.17) is 11.0 Å². The molecule has 1 rings (SSSR count). The standard InChI is InChI=1S/C9H15N5/c1-9(2,7-10)4-3-5-14-12-6-8(11)13-14/h6H,3-5H2,1-2H3,(H2,11,13). The van der Waals surface area contributed by atoms with Crippen molar-refractivity contribution in [2.24, 2.45) is 5.41 Å². The highest BCUT2D eigenvalue weighted by molar-refractivity contribution is 5.19. The van der Waals surface area contributed by atoms with E-state index in [1.165, 1.54) is 6.20 Å². The second-order valence-corrected chi connectivity index (χ2v) is 3.96. The van der Waals surface area contributed by atoms with Gasteiger partial charge < -0.3 is 5.73 Å². The highest BCUT2D eigenvalue weighted by Gasteiger charge is 2.15. The molecule has 0 saturated heterocycles. The Hall–Kier alpha value is -1.57. The van der Waals surface area contributed by atoms with Crippen LogP contribution in [0.5, 0.6) is 0 Å². The highest BCUT2D eigenvalue weighted by atomic mass is 15.5. The molecular weight excluding hydrogens is 178 g/mol. The smallest absolute Gasteiger partial charge is 0.165 e. The lowest BCUT2D eigenvalue weighted by atomic mass is 9.90. The van der Waals surface area contributed by atoms with Crippen molar-refractivity contribution in [3.8, 4) is 6.07 Å². The zero-order chi connectivity index (χ0) is 10.6. The summed E-state index contributed by atoms with van der Waals surface area (Å²) in [6.07, 6.45) is 3.25. The monoisotopic (exact) mass is 193 g/mol. The van der Waals surface area contributed by atoms with Gasteiger partial charge in [-0.2, -0.15) is 15.2 Å². The molecule has 0 radical (unpaired) electrons. The third-order valence-electron chi connectivity index (χ3n) is 2.02. The van der Waals surface area contributed by atoms with Crippen molar-refractivity contribution >= 4 is 5.82 Å². The molecule has 0 aliphatic carbocycles. The Morgan fingerprint density at radius 3 is 2.86 bits per heavy atom. The molecule has 0 atom stereocenters. The largest absolute Gasteiger partial charge is 0.381 e. The number of nitrogen functional groups attached to an aromatic ring is 1. The maximum Gasteiger partial charge on any atom is 0.165 e. The first-order chi connectivity index (χ1) is 6.53. The van der Waals surface area contributed by atoms with Crippen molar-refractivity contribution < 1.29 is 0 Å². The molecule has 1 aromatic rings. The zero-order valence-electron chi connectivity index (χ0n) is 8.56. The third kappa shape index (κ3) is 3.05. The Kier molecular flexibility index (Phi) is 3.07.